The van der Waals surface area contributed by atoms with Crippen LogP contribution in [-0.2, 0) is 9.53 Å². The molecule has 0 saturated carbocycles. The number of benzene rings is 1. The predicted molar refractivity (Wildman–Crippen MR) is 53.4 cm³/mol. The Bertz CT molecular complexity index is 396. The number of nitrogens with one attached hydrogen (secondary N) is 1. The quantitative estimate of drug-likeness (QED) is 0.799. The molecule has 0 fully saturated rings. The van der Waals surface area contributed by atoms with E-state index in [9.17, 15) is 13.6 Å². The van der Waals surface area contributed by atoms with Crippen molar-refractivity contribution in [2.45, 2.75) is 0 Å². The molecule has 1 aromatic rings. The Kier molecular flexibility index (Phi) is 4.04. The van der Waals surface area contributed by atoms with Crippen LogP contribution in [0.2, 0.25) is 0 Å². The summed E-state index contributed by atoms with van der Waals surface area (Å²) in [5.41, 5.74) is -0.122. The summed E-state index contributed by atoms with van der Waals surface area (Å²) in [5, 5.41) is 2.41. The lowest BCUT2D eigenvalue weighted by molar-refractivity contribution is -0.138. The van der Waals surface area contributed by atoms with Gasteiger partial charge in [0, 0.05) is 12.1 Å². The molecule has 0 saturated heterocycles. The highest BCUT2D eigenvalue weighted by Crippen LogP contribution is 2.24. The molecule has 0 atom stereocenters. The summed E-state index contributed by atoms with van der Waals surface area (Å²) in [6.45, 7) is -0.237. The largest absolute Gasteiger partial charge is 0.494 e. The van der Waals surface area contributed by atoms with Crippen LogP contribution in [0, 0.1) is 11.6 Å². The maximum absolute atomic E-state index is 13.3. The van der Waals surface area contributed by atoms with Crippen molar-refractivity contribution in [1.82, 2.24) is 0 Å². The molecule has 0 amide bonds. The molecule has 0 aliphatic carbocycles. The average Bonchev–Trinajstić information content (AvgIpc) is 2.29. The summed E-state index contributed by atoms with van der Waals surface area (Å²) in [6.07, 6.45) is 0. The maximum atomic E-state index is 13.3. The molecule has 0 unspecified atom stereocenters. The number of methoxy groups -OCH3 is 2. The zero-order valence-corrected chi connectivity index (χ0v) is 8.84. The number of ether oxygens (including phenoxy) is 2. The van der Waals surface area contributed by atoms with Gasteiger partial charge >= 0.3 is 5.97 Å². The Morgan fingerprint density at radius 1 is 1.31 bits per heavy atom. The second-order valence-corrected chi connectivity index (χ2v) is 2.90. The van der Waals surface area contributed by atoms with Crippen molar-refractivity contribution in [3.63, 3.8) is 0 Å². The Labute approximate surface area is 91.2 Å². The number of carbonyl (C=O) groups is 1. The van der Waals surface area contributed by atoms with Crippen LogP contribution in [0.15, 0.2) is 12.1 Å². The van der Waals surface area contributed by atoms with E-state index in [4.69, 9.17) is 0 Å². The van der Waals surface area contributed by atoms with Gasteiger partial charge in [-0.2, -0.15) is 0 Å². The van der Waals surface area contributed by atoms with Crippen LogP contribution in [-0.4, -0.2) is 26.7 Å². The van der Waals surface area contributed by atoms with Gasteiger partial charge in [-0.25, -0.2) is 8.78 Å². The smallest absolute Gasteiger partial charge is 0.325 e. The van der Waals surface area contributed by atoms with Crippen LogP contribution >= 0.6 is 0 Å². The van der Waals surface area contributed by atoms with Crippen molar-refractivity contribution in [3.8, 4) is 5.75 Å². The van der Waals surface area contributed by atoms with Crippen molar-refractivity contribution in [3.05, 3.63) is 23.8 Å². The summed E-state index contributed by atoms with van der Waals surface area (Å²) < 4.78 is 35.4. The Morgan fingerprint density at radius 2 is 2.00 bits per heavy atom. The molecule has 1 rings (SSSR count). The highest BCUT2D eigenvalue weighted by atomic mass is 19.1. The van der Waals surface area contributed by atoms with Gasteiger partial charge in [0.2, 0.25) is 0 Å². The second-order valence-electron chi connectivity index (χ2n) is 2.90. The number of carbonyl (C=O) groups excluding carboxylic acids is 1. The lowest BCUT2D eigenvalue weighted by atomic mass is 10.2. The molecule has 0 heterocycles. The van der Waals surface area contributed by atoms with Crippen LogP contribution in [0.5, 0.6) is 5.75 Å². The Balaban J connectivity index is 2.81. The van der Waals surface area contributed by atoms with Gasteiger partial charge in [0.1, 0.15) is 12.4 Å². The van der Waals surface area contributed by atoms with Gasteiger partial charge in [-0.3, -0.25) is 4.79 Å². The van der Waals surface area contributed by atoms with E-state index in [1.807, 2.05) is 0 Å². The summed E-state index contributed by atoms with van der Waals surface area (Å²) in [7, 11) is 2.44. The number of anilines is 1. The molecular weight excluding hydrogens is 220 g/mol. The van der Waals surface area contributed by atoms with Crippen LogP contribution in [0.3, 0.4) is 0 Å². The van der Waals surface area contributed by atoms with E-state index in [0.29, 0.717) is 0 Å². The molecule has 1 aromatic carbocycles. The Hall–Kier alpha value is -1.85. The first-order valence-electron chi connectivity index (χ1n) is 4.42. The van der Waals surface area contributed by atoms with E-state index >= 15 is 0 Å². The second kappa shape index (κ2) is 5.29. The standard InChI is InChI=1S/C10H11F2NO3/c1-15-9-4-6(11)8(3-7(9)12)13-5-10(14)16-2/h3-4,13H,5H2,1-2H3. The highest BCUT2D eigenvalue weighted by molar-refractivity contribution is 5.74. The molecule has 0 radical (unpaired) electrons. The monoisotopic (exact) mass is 231 g/mol. The van der Waals surface area contributed by atoms with Crippen molar-refractivity contribution in [2.24, 2.45) is 0 Å². The lowest BCUT2D eigenvalue weighted by Gasteiger charge is -2.08. The molecule has 16 heavy (non-hydrogen) atoms. The highest BCUT2D eigenvalue weighted by Gasteiger charge is 2.11. The van der Waals surface area contributed by atoms with E-state index in [1.165, 1.54) is 14.2 Å². The third kappa shape index (κ3) is 2.82. The molecule has 0 bridgehead atoms. The number of halogens is 2. The molecule has 0 aliphatic rings. The summed E-state index contributed by atoms with van der Waals surface area (Å²) in [5.74, 6) is -2.19. The van der Waals surface area contributed by atoms with Crippen molar-refractivity contribution in [1.29, 1.82) is 0 Å². The lowest BCUT2D eigenvalue weighted by Crippen LogP contribution is -2.15. The summed E-state index contributed by atoms with van der Waals surface area (Å²) in [4.78, 5) is 10.8. The first-order valence-corrected chi connectivity index (χ1v) is 4.42. The minimum atomic E-state index is -0.712. The minimum absolute atomic E-state index is 0.122. The van der Waals surface area contributed by atoms with Crippen LogP contribution in [0.1, 0.15) is 0 Å². The maximum Gasteiger partial charge on any atom is 0.325 e. The van der Waals surface area contributed by atoms with Crippen molar-refractivity contribution in [2.75, 3.05) is 26.1 Å². The normalized spacial score (nSPS) is 9.75. The van der Waals surface area contributed by atoms with Gasteiger partial charge in [-0.05, 0) is 0 Å². The molecule has 0 aromatic heterocycles. The van der Waals surface area contributed by atoms with Crippen molar-refractivity contribution < 1.29 is 23.0 Å². The van der Waals surface area contributed by atoms with Gasteiger partial charge < -0.3 is 14.8 Å². The third-order valence-electron chi connectivity index (χ3n) is 1.89. The van der Waals surface area contributed by atoms with Gasteiger partial charge in [-0.15, -0.1) is 0 Å². The first kappa shape index (κ1) is 12.2. The van der Waals surface area contributed by atoms with Crippen LogP contribution in [0.25, 0.3) is 0 Å². The third-order valence-corrected chi connectivity index (χ3v) is 1.89. The molecule has 1 N–H and O–H groups in total. The van der Waals surface area contributed by atoms with E-state index in [1.54, 1.807) is 0 Å². The van der Waals surface area contributed by atoms with Crippen LogP contribution < -0.4 is 10.1 Å². The zero-order valence-electron chi connectivity index (χ0n) is 8.84. The zero-order chi connectivity index (χ0) is 12.1. The number of esters is 1. The number of hydrogen-bond donors (Lipinski definition) is 1. The molecule has 0 spiro atoms. The number of hydrogen-bond acceptors (Lipinski definition) is 4. The fourth-order valence-electron chi connectivity index (χ4n) is 1.06. The van der Waals surface area contributed by atoms with Crippen LogP contribution in [0.4, 0.5) is 14.5 Å². The summed E-state index contributed by atoms with van der Waals surface area (Å²) >= 11 is 0. The topological polar surface area (TPSA) is 47.6 Å². The fourth-order valence-corrected chi connectivity index (χ4v) is 1.06. The van der Waals surface area contributed by atoms with Gasteiger partial charge in [0.15, 0.2) is 11.6 Å². The van der Waals surface area contributed by atoms with E-state index < -0.39 is 17.6 Å². The molecule has 0 aliphatic heterocycles. The molecule has 88 valence electrons. The predicted octanol–water partition coefficient (Wildman–Crippen LogP) is 1.56. The SMILES string of the molecule is COC(=O)CNc1cc(F)c(OC)cc1F. The molecule has 4 nitrogen and oxygen atoms in total. The van der Waals surface area contributed by atoms with Gasteiger partial charge in [0.05, 0.1) is 19.9 Å². The molecular formula is C10H11F2NO3. The number of rotatable bonds is 4. The Morgan fingerprint density at radius 3 is 2.56 bits per heavy atom. The minimum Gasteiger partial charge on any atom is -0.494 e. The van der Waals surface area contributed by atoms with Gasteiger partial charge in [-0.1, -0.05) is 0 Å². The van der Waals surface area contributed by atoms with E-state index in [0.717, 1.165) is 12.1 Å². The average molecular weight is 231 g/mol. The van der Waals surface area contributed by atoms with Gasteiger partial charge in [0.25, 0.3) is 0 Å². The first-order chi connectivity index (χ1) is 7.58. The summed E-state index contributed by atoms with van der Waals surface area (Å²) in [6, 6.07) is 1.81. The van der Waals surface area contributed by atoms with E-state index in [2.05, 4.69) is 14.8 Å². The van der Waals surface area contributed by atoms with E-state index in [-0.39, 0.29) is 18.0 Å². The van der Waals surface area contributed by atoms with Crippen molar-refractivity contribution >= 4 is 11.7 Å². The molecule has 6 heteroatoms. The fraction of sp³-hybridized carbons (Fsp3) is 0.300.